The van der Waals surface area contributed by atoms with Crippen LogP contribution in [-0.2, 0) is 9.47 Å². The monoisotopic (exact) mass is 350 g/mol. The van der Waals surface area contributed by atoms with Crippen molar-refractivity contribution in [3.05, 3.63) is 103 Å². The molecule has 0 unspecified atom stereocenters. The molecule has 0 atom stereocenters. The van der Waals surface area contributed by atoms with Crippen LogP contribution in [0, 0.1) is 0 Å². The first-order valence-corrected chi connectivity index (χ1v) is 7.96. The first kappa shape index (κ1) is 20.6. The highest BCUT2D eigenvalue weighted by molar-refractivity contribution is 6.03. The molecule has 0 N–H and O–H groups in total. The summed E-state index contributed by atoms with van der Waals surface area (Å²) in [6.45, 7) is 10.7. The lowest BCUT2D eigenvalue weighted by atomic mass is 10.1. The zero-order valence-electron chi connectivity index (χ0n) is 14.6. The first-order chi connectivity index (χ1) is 12.6. The molecule has 0 bridgehead atoms. The quantitative estimate of drug-likeness (QED) is 0.536. The van der Waals surface area contributed by atoms with E-state index < -0.39 is 11.9 Å². The van der Waals surface area contributed by atoms with E-state index in [4.69, 9.17) is 9.47 Å². The lowest BCUT2D eigenvalue weighted by Gasteiger charge is -2.07. The molecule has 4 nitrogen and oxygen atoms in total. The van der Waals surface area contributed by atoms with E-state index in [-0.39, 0.29) is 24.3 Å². The molecule has 0 heterocycles. The Hall–Kier alpha value is -3.40. The third-order valence-electron chi connectivity index (χ3n) is 3.07. The van der Waals surface area contributed by atoms with Gasteiger partial charge in [-0.15, -0.1) is 0 Å². The Bertz CT molecular complexity index is 705. The van der Waals surface area contributed by atoms with Gasteiger partial charge >= 0.3 is 11.9 Å². The van der Waals surface area contributed by atoms with Gasteiger partial charge in [-0.25, -0.2) is 9.59 Å². The van der Waals surface area contributed by atoms with Gasteiger partial charge in [-0.2, -0.15) is 0 Å². The summed E-state index contributed by atoms with van der Waals surface area (Å²) in [5.74, 6) is -1.16. The van der Waals surface area contributed by atoms with Crippen LogP contribution < -0.4 is 0 Å². The average Bonchev–Trinajstić information content (AvgIpc) is 2.71. The SMILES string of the molecule is C=CCOC(=O)c1ccccc1C(=O)OCC=C.C=Cc1ccccc1. The van der Waals surface area contributed by atoms with E-state index in [9.17, 15) is 9.59 Å². The Morgan fingerprint density at radius 1 is 0.731 bits per heavy atom. The highest BCUT2D eigenvalue weighted by Gasteiger charge is 2.18. The van der Waals surface area contributed by atoms with Gasteiger partial charge in [0, 0.05) is 0 Å². The number of esters is 2. The molecule has 0 saturated carbocycles. The molecule has 0 amide bonds. The van der Waals surface area contributed by atoms with Gasteiger partial charge in [0.05, 0.1) is 11.1 Å². The summed E-state index contributed by atoms with van der Waals surface area (Å²) >= 11 is 0. The van der Waals surface area contributed by atoms with E-state index in [1.54, 1.807) is 12.1 Å². The number of carbonyl (C=O) groups excluding carboxylic acids is 2. The van der Waals surface area contributed by atoms with E-state index in [2.05, 4.69) is 19.7 Å². The van der Waals surface area contributed by atoms with Crippen LogP contribution in [0.5, 0.6) is 0 Å². The van der Waals surface area contributed by atoms with Crippen LogP contribution in [0.2, 0.25) is 0 Å². The molecule has 0 aliphatic rings. The highest BCUT2D eigenvalue weighted by Crippen LogP contribution is 2.12. The Morgan fingerprint density at radius 2 is 1.15 bits per heavy atom. The average molecular weight is 350 g/mol. The summed E-state index contributed by atoms with van der Waals surface area (Å²) in [6, 6.07) is 16.3. The van der Waals surface area contributed by atoms with Crippen LogP contribution in [0.1, 0.15) is 26.3 Å². The van der Waals surface area contributed by atoms with Gasteiger partial charge in [0.15, 0.2) is 0 Å². The summed E-state index contributed by atoms with van der Waals surface area (Å²) in [5, 5.41) is 0. The molecule has 2 rings (SSSR count). The van der Waals surface area contributed by atoms with Gasteiger partial charge < -0.3 is 9.47 Å². The fourth-order valence-corrected chi connectivity index (χ4v) is 1.85. The largest absolute Gasteiger partial charge is 0.458 e. The lowest BCUT2D eigenvalue weighted by molar-refractivity contribution is 0.0503. The molecule has 0 aliphatic heterocycles. The van der Waals surface area contributed by atoms with E-state index in [1.807, 2.05) is 36.4 Å². The second-order valence-corrected chi connectivity index (χ2v) is 4.93. The molecule has 2 aromatic carbocycles. The number of ether oxygens (including phenoxy) is 2. The second kappa shape index (κ2) is 12.0. The maximum absolute atomic E-state index is 11.7. The second-order valence-electron chi connectivity index (χ2n) is 4.93. The summed E-state index contributed by atoms with van der Waals surface area (Å²) in [5.41, 5.74) is 1.52. The van der Waals surface area contributed by atoms with Crippen LogP contribution in [-0.4, -0.2) is 25.2 Å². The summed E-state index contributed by atoms with van der Waals surface area (Å²) in [6.07, 6.45) is 4.74. The van der Waals surface area contributed by atoms with Crippen LogP contribution >= 0.6 is 0 Å². The number of hydrogen-bond donors (Lipinski definition) is 0. The first-order valence-electron chi connectivity index (χ1n) is 7.96. The molecular weight excluding hydrogens is 328 g/mol. The predicted molar refractivity (Wildman–Crippen MR) is 104 cm³/mol. The topological polar surface area (TPSA) is 52.6 Å². The van der Waals surface area contributed by atoms with Crippen LogP contribution in [0.15, 0.2) is 86.5 Å². The Labute approximate surface area is 154 Å². The van der Waals surface area contributed by atoms with Crippen LogP contribution in [0.4, 0.5) is 0 Å². The third kappa shape index (κ3) is 7.01. The van der Waals surface area contributed by atoms with Crippen molar-refractivity contribution in [3.63, 3.8) is 0 Å². The molecular formula is C22H22O4. The third-order valence-corrected chi connectivity index (χ3v) is 3.07. The minimum atomic E-state index is -0.582. The van der Waals surface area contributed by atoms with Crippen molar-refractivity contribution in [2.45, 2.75) is 0 Å². The number of benzene rings is 2. The van der Waals surface area contributed by atoms with Gasteiger partial charge in [-0.05, 0) is 17.7 Å². The number of carbonyl (C=O) groups is 2. The minimum Gasteiger partial charge on any atom is -0.458 e. The summed E-state index contributed by atoms with van der Waals surface area (Å²) < 4.78 is 9.78. The van der Waals surface area contributed by atoms with Gasteiger partial charge in [0.1, 0.15) is 13.2 Å². The lowest BCUT2D eigenvalue weighted by Crippen LogP contribution is -2.14. The standard InChI is InChI=1S/C14H14O4.C8H8/c1-3-9-17-13(15)11-7-5-6-8-12(11)14(16)18-10-4-2;1-2-8-6-4-3-5-7-8/h3-8H,1-2,9-10H2;2-7H,1H2. The molecule has 0 fully saturated rings. The predicted octanol–water partition coefficient (Wildman–Crippen LogP) is 4.70. The normalized spacial score (nSPS) is 9.08. The fraction of sp³-hybridized carbons (Fsp3) is 0.0909. The van der Waals surface area contributed by atoms with Crippen molar-refractivity contribution >= 4 is 18.0 Å². The summed E-state index contributed by atoms with van der Waals surface area (Å²) in [7, 11) is 0. The molecule has 2 aromatic rings. The van der Waals surface area contributed by atoms with Crippen LogP contribution in [0.25, 0.3) is 6.08 Å². The van der Waals surface area contributed by atoms with Crippen molar-refractivity contribution in [3.8, 4) is 0 Å². The van der Waals surface area contributed by atoms with Crippen molar-refractivity contribution in [1.82, 2.24) is 0 Å². The minimum absolute atomic E-state index is 0.0921. The fourth-order valence-electron chi connectivity index (χ4n) is 1.85. The molecule has 0 aromatic heterocycles. The maximum atomic E-state index is 11.7. The molecule has 0 aliphatic carbocycles. The van der Waals surface area contributed by atoms with Gasteiger partial charge in [-0.1, -0.05) is 80.4 Å². The maximum Gasteiger partial charge on any atom is 0.339 e. The van der Waals surface area contributed by atoms with Crippen LogP contribution in [0.3, 0.4) is 0 Å². The van der Waals surface area contributed by atoms with Crippen molar-refractivity contribution in [2.75, 3.05) is 13.2 Å². The zero-order valence-corrected chi connectivity index (χ0v) is 14.6. The highest BCUT2D eigenvalue weighted by atomic mass is 16.5. The number of hydrogen-bond acceptors (Lipinski definition) is 4. The molecule has 0 radical (unpaired) electrons. The van der Waals surface area contributed by atoms with E-state index in [0.29, 0.717) is 0 Å². The van der Waals surface area contributed by atoms with E-state index >= 15 is 0 Å². The van der Waals surface area contributed by atoms with Crippen molar-refractivity contribution in [1.29, 1.82) is 0 Å². The smallest absolute Gasteiger partial charge is 0.339 e. The molecule has 134 valence electrons. The van der Waals surface area contributed by atoms with Gasteiger partial charge in [0.2, 0.25) is 0 Å². The van der Waals surface area contributed by atoms with E-state index in [1.165, 1.54) is 29.8 Å². The molecule has 0 spiro atoms. The molecule has 0 saturated heterocycles. The molecule has 4 heteroatoms. The number of rotatable bonds is 7. The van der Waals surface area contributed by atoms with Gasteiger partial charge in [-0.3, -0.25) is 0 Å². The van der Waals surface area contributed by atoms with Crippen molar-refractivity contribution < 1.29 is 19.1 Å². The Balaban J connectivity index is 0.000000350. The molecule has 26 heavy (non-hydrogen) atoms. The van der Waals surface area contributed by atoms with Gasteiger partial charge in [0.25, 0.3) is 0 Å². The van der Waals surface area contributed by atoms with Crippen molar-refractivity contribution in [2.24, 2.45) is 0 Å². The summed E-state index contributed by atoms with van der Waals surface area (Å²) in [4.78, 5) is 23.4. The zero-order chi connectivity index (χ0) is 19.2. The van der Waals surface area contributed by atoms with E-state index in [0.717, 1.165) is 0 Å². The Kier molecular flexibility index (Phi) is 9.55. The Morgan fingerprint density at radius 3 is 1.50 bits per heavy atom.